The fourth-order valence-corrected chi connectivity index (χ4v) is 2.04. The lowest BCUT2D eigenvalue weighted by atomic mass is 10.2. The SMILES string of the molecule is COc1ccc2[nH]cc(C(=O)NCc3ccccn3)c2n1. The molecule has 0 radical (unpaired) electrons. The number of nitrogens with one attached hydrogen (secondary N) is 2. The summed E-state index contributed by atoms with van der Waals surface area (Å²) in [5, 5.41) is 2.83. The third-order valence-corrected chi connectivity index (χ3v) is 3.11. The molecule has 0 saturated carbocycles. The number of aromatic nitrogens is 3. The molecule has 6 nitrogen and oxygen atoms in total. The van der Waals surface area contributed by atoms with E-state index in [0.717, 1.165) is 11.2 Å². The molecule has 0 aliphatic carbocycles. The summed E-state index contributed by atoms with van der Waals surface area (Å²) in [6.45, 7) is 0.371. The largest absolute Gasteiger partial charge is 0.481 e. The first-order valence-electron chi connectivity index (χ1n) is 6.48. The van der Waals surface area contributed by atoms with E-state index in [2.05, 4.69) is 20.3 Å². The second kappa shape index (κ2) is 5.62. The zero-order valence-corrected chi connectivity index (χ0v) is 11.5. The summed E-state index contributed by atoms with van der Waals surface area (Å²) in [4.78, 5) is 23.7. The highest BCUT2D eigenvalue weighted by molar-refractivity contribution is 6.05. The molecule has 3 rings (SSSR count). The van der Waals surface area contributed by atoms with E-state index >= 15 is 0 Å². The van der Waals surface area contributed by atoms with E-state index in [4.69, 9.17) is 4.74 Å². The summed E-state index contributed by atoms with van der Waals surface area (Å²) in [5.41, 5.74) is 2.67. The molecular formula is C15H14N4O2. The maximum atomic E-state index is 12.3. The minimum absolute atomic E-state index is 0.201. The smallest absolute Gasteiger partial charge is 0.255 e. The Hall–Kier alpha value is -2.89. The summed E-state index contributed by atoms with van der Waals surface area (Å²) < 4.78 is 5.09. The van der Waals surface area contributed by atoms with Crippen molar-refractivity contribution in [3.8, 4) is 5.88 Å². The molecular weight excluding hydrogens is 268 g/mol. The van der Waals surface area contributed by atoms with Gasteiger partial charge in [0, 0.05) is 18.5 Å². The van der Waals surface area contributed by atoms with Gasteiger partial charge in [-0.05, 0) is 18.2 Å². The first-order valence-corrected chi connectivity index (χ1v) is 6.48. The van der Waals surface area contributed by atoms with Crippen LogP contribution in [0.4, 0.5) is 0 Å². The van der Waals surface area contributed by atoms with Gasteiger partial charge in [-0.15, -0.1) is 0 Å². The molecule has 0 unspecified atom stereocenters. The average molecular weight is 282 g/mol. The number of hydrogen-bond donors (Lipinski definition) is 2. The normalized spacial score (nSPS) is 10.5. The summed E-state index contributed by atoms with van der Waals surface area (Å²) in [7, 11) is 1.54. The van der Waals surface area contributed by atoms with Gasteiger partial charge in [-0.3, -0.25) is 9.78 Å². The fourth-order valence-electron chi connectivity index (χ4n) is 2.04. The van der Waals surface area contributed by atoms with Gasteiger partial charge in [0.2, 0.25) is 5.88 Å². The summed E-state index contributed by atoms with van der Waals surface area (Å²) >= 11 is 0. The van der Waals surface area contributed by atoms with E-state index < -0.39 is 0 Å². The lowest BCUT2D eigenvalue weighted by Gasteiger charge is -2.04. The number of rotatable bonds is 4. The van der Waals surface area contributed by atoms with Crippen molar-refractivity contribution in [1.82, 2.24) is 20.3 Å². The Balaban J connectivity index is 1.81. The molecule has 0 aliphatic rings. The van der Waals surface area contributed by atoms with Crippen molar-refractivity contribution in [3.05, 3.63) is 54.0 Å². The highest BCUT2D eigenvalue weighted by Crippen LogP contribution is 2.19. The van der Waals surface area contributed by atoms with E-state index in [9.17, 15) is 4.79 Å². The number of H-pyrrole nitrogens is 1. The fraction of sp³-hybridized carbons (Fsp3) is 0.133. The number of carbonyl (C=O) groups excluding carboxylic acids is 1. The quantitative estimate of drug-likeness (QED) is 0.766. The zero-order chi connectivity index (χ0) is 14.7. The van der Waals surface area contributed by atoms with Crippen LogP contribution in [0.2, 0.25) is 0 Å². The highest BCUT2D eigenvalue weighted by atomic mass is 16.5. The third-order valence-electron chi connectivity index (χ3n) is 3.11. The monoisotopic (exact) mass is 282 g/mol. The number of ether oxygens (including phenoxy) is 1. The predicted octanol–water partition coefficient (Wildman–Crippen LogP) is 1.90. The number of nitrogens with zero attached hydrogens (tertiary/aromatic N) is 2. The van der Waals surface area contributed by atoms with Crippen LogP contribution in [0, 0.1) is 0 Å². The molecule has 0 saturated heterocycles. The molecule has 0 spiro atoms. The van der Waals surface area contributed by atoms with Crippen molar-refractivity contribution in [2.45, 2.75) is 6.54 Å². The average Bonchev–Trinajstić information content (AvgIpc) is 2.96. The minimum Gasteiger partial charge on any atom is -0.481 e. The summed E-state index contributed by atoms with van der Waals surface area (Å²) in [6.07, 6.45) is 3.34. The van der Waals surface area contributed by atoms with Gasteiger partial charge in [0.1, 0.15) is 5.52 Å². The van der Waals surface area contributed by atoms with Gasteiger partial charge in [-0.2, -0.15) is 0 Å². The maximum absolute atomic E-state index is 12.3. The Morgan fingerprint density at radius 2 is 2.24 bits per heavy atom. The van der Waals surface area contributed by atoms with Crippen LogP contribution in [0.25, 0.3) is 11.0 Å². The Morgan fingerprint density at radius 1 is 1.33 bits per heavy atom. The van der Waals surface area contributed by atoms with Gasteiger partial charge in [0.15, 0.2) is 0 Å². The first-order chi connectivity index (χ1) is 10.3. The van der Waals surface area contributed by atoms with Crippen LogP contribution in [0.3, 0.4) is 0 Å². The molecule has 0 fully saturated rings. The van der Waals surface area contributed by atoms with Gasteiger partial charge in [0.05, 0.1) is 30.4 Å². The number of methoxy groups -OCH3 is 1. The molecule has 106 valence electrons. The molecule has 0 bridgehead atoms. The maximum Gasteiger partial charge on any atom is 0.255 e. The van der Waals surface area contributed by atoms with E-state index in [1.807, 2.05) is 24.3 Å². The Bertz CT molecular complexity index is 768. The number of fused-ring (bicyclic) bond motifs is 1. The number of carbonyl (C=O) groups is 1. The van der Waals surface area contributed by atoms with Crippen molar-refractivity contribution in [1.29, 1.82) is 0 Å². The number of aromatic amines is 1. The molecule has 6 heteroatoms. The van der Waals surface area contributed by atoms with Crippen molar-refractivity contribution < 1.29 is 9.53 Å². The lowest BCUT2D eigenvalue weighted by Crippen LogP contribution is -2.23. The van der Waals surface area contributed by atoms with E-state index in [1.54, 1.807) is 25.6 Å². The number of pyridine rings is 2. The molecule has 3 aromatic heterocycles. The highest BCUT2D eigenvalue weighted by Gasteiger charge is 2.13. The van der Waals surface area contributed by atoms with Crippen LogP contribution >= 0.6 is 0 Å². The standard InChI is InChI=1S/C15H14N4O2/c1-21-13-6-5-12-14(19-13)11(9-17-12)15(20)18-8-10-4-2-3-7-16-10/h2-7,9,17H,8H2,1H3,(H,18,20). The van der Waals surface area contributed by atoms with Crippen molar-refractivity contribution in [2.75, 3.05) is 7.11 Å². The topological polar surface area (TPSA) is 79.9 Å². The van der Waals surface area contributed by atoms with Crippen molar-refractivity contribution >= 4 is 16.9 Å². The second-order valence-electron chi connectivity index (χ2n) is 4.46. The second-order valence-corrected chi connectivity index (χ2v) is 4.46. The zero-order valence-electron chi connectivity index (χ0n) is 11.5. The Labute approximate surface area is 121 Å². The van der Waals surface area contributed by atoms with Gasteiger partial charge >= 0.3 is 0 Å². The van der Waals surface area contributed by atoms with Crippen LogP contribution in [0.5, 0.6) is 5.88 Å². The molecule has 0 atom stereocenters. The van der Waals surface area contributed by atoms with Gasteiger partial charge in [0.25, 0.3) is 5.91 Å². The van der Waals surface area contributed by atoms with Crippen LogP contribution in [-0.4, -0.2) is 28.0 Å². The number of amides is 1. The van der Waals surface area contributed by atoms with E-state index in [1.165, 1.54) is 0 Å². The third kappa shape index (κ3) is 2.69. The molecule has 1 amide bonds. The van der Waals surface area contributed by atoms with Crippen molar-refractivity contribution in [3.63, 3.8) is 0 Å². The Kier molecular flexibility index (Phi) is 3.51. The molecule has 0 aromatic carbocycles. The first kappa shape index (κ1) is 13.1. The van der Waals surface area contributed by atoms with Gasteiger partial charge in [-0.1, -0.05) is 6.07 Å². The molecule has 2 N–H and O–H groups in total. The summed E-state index contributed by atoms with van der Waals surface area (Å²) in [5.74, 6) is 0.272. The molecule has 21 heavy (non-hydrogen) atoms. The molecule has 3 heterocycles. The van der Waals surface area contributed by atoms with Crippen LogP contribution in [0.15, 0.2) is 42.7 Å². The minimum atomic E-state index is -0.201. The lowest BCUT2D eigenvalue weighted by molar-refractivity contribution is 0.0952. The van der Waals surface area contributed by atoms with Crippen LogP contribution < -0.4 is 10.1 Å². The van der Waals surface area contributed by atoms with Gasteiger partial charge < -0.3 is 15.0 Å². The van der Waals surface area contributed by atoms with Crippen molar-refractivity contribution in [2.24, 2.45) is 0 Å². The van der Waals surface area contributed by atoms with Gasteiger partial charge in [-0.25, -0.2) is 4.98 Å². The predicted molar refractivity (Wildman–Crippen MR) is 78.1 cm³/mol. The summed E-state index contributed by atoms with van der Waals surface area (Å²) in [6, 6.07) is 9.15. The van der Waals surface area contributed by atoms with Crippen LogP contribution in [0.1, 0.15) is 16.1 Å². The molecule has 0 aliphatic heterocycles. The van der Waals surface area contributed by atoms with Crippen LogP contribution in [-0.2, 0) is 6.54 Å². The Morgan fingerprint density at radius 3 is 3.00 bits per heavy atom. The van der Waals surface area contributed by atoms with E-state index in [0.29, 0.717) is 23.5 Å². The molecule has 3 aromatic rings. The number of hydrogen-bond acceptors (Lipinski definition) is 4. The van der Waals surface area contributed by atoms with E-state index in [-0.39, 0.29) is 5.91 Å².